The molecule has 0 radical (unpaired) electrons. The summed E-state index contributed by atoms with van der Waals surface area (Å²) >= 11 is 0. The van der Waals surface area contributed by atoms with Crippen molar-refractivity contribution in [3.05, 3.63) is 59.7 Å². The second kappa shape index (κ2) is 8.48. The molecule has 10 heteroatoms. The highest BCUT2D eigenvalue weighted by Crippen LogP contribution is 2.28. The maximum Gasteiger partial charge on any atom is 0.243 e. The number of fused-ring (bicyclic) bond motifs is 1. The summed E-state index contributed by atoms with van der Waals surface area (Å²) in [5.41, 5.74) is 2.21. The summed E-state index contributed by atoms with van der Waals surface area (Å²) in [6.07, 6.45) is 2.31. The second-order valence-corrected chi connectivity index (χ2v) is 8.74. The van der Waals surface area contributed by atoms with Crippen LogP contribution in [0.3, 0.4) is 0 Å². The highest BCUT2D eigenvalue weighted by Gasteiger charge is 2.24. The normalized spacial score (nSPS) is 13.5. The van der Waals surface area contributed by atoms with Gasteiger partial charge in [0.05, 0.1) is 12.8 Å². The van der Waals surface area contributed by atoms with Gasteiger partial charge < -0.3 is 14.5 Å². The number of hydrogen-bond acceptors (Lipinski definition) is 6. The molecule has 4 rings (SSSR count). The van der Waals surface area contributed by atoms with Gasteiger partial charge in [0.1, 0.15) is 22.7 Å². The van der Waals surface area contributed by atoms with Crippen LogP contribution in [0.1, 0.15) is 17.7 Å². The highest BCUT2D eigenvalue weighted by atomic mass is 32.2. The fourth-order valence-corrected chi connectivity index (χ4v) is 4.40. The van der Waals surface area contributed by atoms with Crippen LogP contribution in [0.5, 0.6) is 5.75 Å². The number of benzene rings is 2. The Labute approximate surface area is 178 Å². The molecule has 3 aromatic rings. The van der Waals surface area contributed by atoms with Crippen LogP contribution in [0.25, 0.3) is 11.5 Å². The molecular formula is C21H20FN3O5S. The molecule has 0 aliphatic carbocycles. The van der Waals surface area contributed by atoms with Crippen LogP contribution in [-0.2, 0) is 27.7 Å². The Hall–Kier alpha value is -3.24. The molecule has 162 valence electrons. The molecule has 0 atom stereocenters. The Kier molecular flexibility index (Phi) is 5.75. The first kappa shape index (κ1) is 21.0. The third-order valence-corrected chi connectivity index (χ3v) is 6.38. The molecule has 31 heavy (non-hydrogen) atoms. The van der Waals surface area contributed by atoms with Crippen molar-refractivity contribution in [2.24, 2.45) is 0 Å². The minimum Gasteiger partial charge on any atom is -0.497 e. The van der Waals surface area contributed by atoms with Crippen LogP contribution in [0.15, 0.2) is 52.0 Å². The first-order valence-electron chi connectivity index (χ1n) is 9.56. The van der Waals surface area contributed by atoms with E-state index in [0.717, 1.165) is 11.6 Å². The van der Waals surface area contributed by atoms with E-state index >= 15 is 0 Å². The number of anilines is 1. The molecule has 1 aliphatic rings. The van der Waals surface area contributed by atoms with E-state index in [-0.39, 0.29) is 25.3 Å². The topological polar surface area (TPSA) is 111 Å². The van der Waals surface area contributed by atoms with Gasteiger partial charge in [-0.25, -0.2) is 22.5 Å². The zero-order chi connectivity index (χ0) is 22.0. The molecule has 1 amide bonds. The SMILES string of the molecule is COc1ccc(-c2nc(CCNS(=O)(=O)c3cc4c(cc3F)NC(=O)CC4)co2)cc1. The number of carbonyl (C=O) groups excluding carboxylic acids is 1. The molecular weight excluding hydrogens is 425 g/mol. The summed E-state index contributed by atoms with van der Waals surface area (Å²) < 4.78 is 52.5. The van der Waals surface area contributed by atoms with Crippen molar-refractivity contribution < 1.29 is 26.8 Å². The zero-order valence-electron chi connectivity index (χ0n) is 16.6. The molecule has 1 aromatic heterocycles. The molecule has 8 nitrogen and oxygen atoms in total. The van der Waals surface area contributed by atoms with E-state index in [4.69, 9.17) is 9.15 Å². The van der Waals surface area contributed by atoms with Crippen molar-refractivity contribution in [2.45, 2.75) is 24.2 Å². The number of rotatable bonds is 7. The lowest BCUT2D eigenvalue weighted by molar-refractivity contribution is -0.116. The lowest BCUT2D eigenvalue weighted by atomic mass is 10.0. The van der Waals surface area contributed by atoms with E-state index in [1.807, 2.05) is 0 Å². The van der Waals surface area contributed by atoms with Crippen molar-refractivity contribution in [1.82, 2.24) is 9.71 Å². The van der Waals surface area contributed by atoms with Gasteiger partial charge in [-0.15, -0.1) is 0 Å². The van der Waals surface area contributed by atoms with Gasteiger partial charge in [0.25, 0.3) is 0 Å². The number of carbonyl (C=O) groups is 1. The molecule has 2 aromatic carbocycles. The number of aryl methyl sites for hydroxylation is 1. The van der Waals surface area contributed by atoms with Crippen LogP contribution < -0.4 is 14.8 Å². The number of amides is 1. The Morgan fingerprint density at radius 2 is 2.00 bits per heavy atom. The Balaban J connectivity index is 1.41. The van der Waals surface area contributed by atoms with Gasteiger partial charge in [-0.1, -0.05) is 0 Å². The lowest BCUT2D eigenvalue weighted by Crippen LogP contribution is -2.28. The summed E-state index contributed by atoms with van der Waals surface area (Å²) in [4.78, 5) is 15.3. The maximum atomic E-state index is 14.4. The van der Waals surface area contributed by atoms with Gasteiger partial charge >= 0.3 is 0 Å². The third-order valence-electron chi connectivity index (χ3n) is 4.90. The van der Waals surface area contributed by atoms with Gasteiger partial charge in [-0.3, -0.25) is 4.79 Å². The third kappa shape index (κ3) is 4.59. The quantitative estimate of drug-likeness (QED) is 0.579. The van der Waals surface area contributed by atoms with E-state index in [1.54, 1.807) is 31.4 Å². The fraction of sp³-hybridized carbons (Fsp3) is 0.238. The largest absolute Gasteiger partial charge is 0.497 e. The number of nitrogens with one attached hydrogen (secondary N) is 2. The monoisotopic (exact) mass is 445 g/mol. The first-order valence-corrected chi connectivity index (χ1v) is 11.0. The Morgan fingerprint density at radius 3 is 2.74 bits per heavy atom. The summed E-state index contributed by atoms with van der Waals surface area (Å²) in [5.74, 6) is -0.0241. The molecule has 2 N–H and O–H groups in total. The van der Waals surface area contributed by atoms with Crippen LogP contribution in [0.2, 0.25) is 0 Å². The highest BCUT2D eigenvalue weighted by molar-refractivity contribution is 7.89. The van der Waals surface area contributed by atoms with Crippen molar-refractivity contribution in [2.75, 3.05) is 19.0 Å². The maximum absolute atomic E-state index is 14.4. The molecule has 0 fully saturated rings. The average molecular weight is 445 g/mol. The fourth-order valence-electron chi connectivity index (χ4n) is 3.26. The van der Waals surface area contributed by atoms with Gasteiger partial charge in [-0.05, 0) is 48.4 Å². The Morgan fingerprint density at radius 1 is 1.23 bits per heavy atom. The van der Waals surface area contributed by atoms with E-state index in [2.05, 4.69) is 15.0 Å². The standard InChI is InChI=1S/C21H20FN3O5S/c1-29-16-5-2-13(3-6-16)21-24-15(12-30-21)8-9-23-31(27,28)19-10-14-4-7-20(26)25-18(14)11-17(19)22/h2-3,5-6,10-12,23H,4,7-9H2,1H3,(H,25,26). The first-order chi connectivity index (χ1) is 14.9. The summed E-state index contributed by atoms with van der Waals surface area (Å²) in [6, 6.07) is 9.48. The van der Waals surface area contributed by atoms with E-state index < -0.39 is 20.7 Å². The molecule has 0 saturated carbocycles. The molecule has 2 heterocycles. The van der Waals surface area contributed by atoms with E-state index in [0.29, 0.717) is 35.0 Å². The van der Waals surface area contributed by atoms with Crippen LogP contribution >= 0.6 is 0 Å². The lowest BCUT2D eigenvalue weighted by Gasteiger charge is -2.18. The molecule has 0 unspecified atom stereocenters. The number of halogens is 1. The summed E-state index contributed by atoms with van der Waals surface area (Å²) in [6.45, 7) is 0.0180. The van der Waals surface area contributed by atoms with Gasteiger partial charge in [0.15, 0.2) is 0 Å². The average Bonchev–Trinajstić information content (AvgIpc) is 3.22. The molecule has 0 bridgehead atoms. The minimum absolute atomic E-state index is 0.0180. The number of hydrogen-bond donors (Lipinski definition) is 2. The number of aromatic nitrogens is 1. The van der Waals surface area contributed by atoms with Crippen LogP contribution in [-0.4, -0.2) is 33.0 Å². The van der Waals surface area contributed by atoms with Gasteiger partial charge in [0, 0.05) is 30.6 Å². The van der Waals surface area contributed by atoms with Gasteiger partial charge in [0.2, 0.25) is 21.8 Å². The van der Waals surface area contributed by atoms with Crippen molar-refractivity contribution in [3.8, 4) is 17.2 Å². The smallest absolute Gasteiger partial charge is 0.243 e. The second-order valence-electron chi connectivity index (χ2n) is 7.01. The summed E-state index contributed by atoms with van der Waals surface area (Å²) in [7, 11) is -2.49. The molecule has 0 spiro atoms. The molecule has 0 saturated heterocycles. The predicted molar refractivity (Wildman–Crippen MR) is 111 cm³/mol. The predicted octanol–water partition coefficient (Wildman–Crippen LogP) is 2.90. The van der Waals surface area contributed by atoms with Crippen molar-refractivity contribution in [1.29, 1.82) is 0 Å². The van der Waals surface area contributed by atoms with Gasteiger partial charge in [-0.2, -0.15) is 0 Å². The van der Waals surface area contributed by atoms with Crippen molar-refractivity contribution >= 4 is 21.6 Å². The van der Waals surface area contributed by atoms with Crippen molar-refractivity contribution in [3.63, 3.8) is 0 Å². The summed E-state index contributed by atoms with van der Waals surface area (Å²) in [5, 5.41) is 2.55. The zero-order valence-corrected chi connectivity index (χ0v) is 17.5. The number of ether oxygens (including phenoxy) is 1. The minimum atomic E-state index is -4.07. The Bertz CT molecular complexity index is 1220. The molecule has 1 aliphatic heterocycles. The van der Waals surface area contributed by atoms with Crippen LogP contribution in [0, 0.1) is 5.82 Å². The van der Waals surface area contributed by atoms with E-state index in [9.17, 15) is 17.6 Å². The number of nitrogens with zero attached hydrogens (tertiary/aromatic N) is 1. The van der Waals surface area contributed by atoms with Crippen LogP contribution in [0.4, 0.5) is 10.1 Å². The number of sulfonamides is 1. The van der Waals surface area contributed by atoms with E-state index in [1.165, 1.54) is 12.3 Å². The number of oxazole rings is 1. The number of methoxy groups -OCH3 is 1.